The maximum Gasteiger partial charge on any atom is 0.325 e. The molecule has 1 fully saturated rings. The number of hydrogen-bond donors (Lipinski definition) is 2. The summed E-state index contributed by atoms with van der Waals surface area (Å²) >= 11 is 0. The molecule has 1 aliphatic rings. The van der Waals surface area contributed by atoms with Gasteiger partial charge in [-0.1, -0.05) is 25.1 Å². The zero-order valence-electron chi connectivity index (χ0n) is 16.0. The van der Waals surface area contributed by atoms with Crippen LogP contribution in [0.2, 0.25) is 0 Å². The molecule has 0 bridgehead atoms. The van der Waals surface area contributed by atoms with Gasteiger partial charge in [0.2, 0.25) is 5.91 Å². The lowest BCUT2D eigenvalue weighted by molar-refractivity contribution is -0.384. The van der Waals surface area contributed by atoms with Gasteiger partial charge in [0, 0.05) is 17.8 Å². The van der Waals surface area contributed by atoms with E-state index in [1.807, 2.05) is 19.1 Å². The number of nitrogens with one attached hydrogen (secondary N) is 2. The van der Waals surface area contributed by atoms with Crippen molar-refractivity contribution in [2.45, 2.75) is 25.8 Å². The SMILES string of the molecule is CCc1ccccc1NC(=O)CN1C(=O)N[C@@](C)(c2ccc([N+](=O)[O-])cc2)C1=O. The zero-order chi connectivity index (χ0) is 21.2. The number of benzene rings is 2. The topological polar surface area (TPSA) is 122 Å². The quantitative estimate of drug-likeness (QED) is 0.441. The Labute approximate surface area is 166 Å². The van der Waals surface area contributed by atoms with Crippen molar-refractivity contribution in [3.63, 3.8) is 0 Å². The number of carbonyl (C=O) groups excluding carboxylic acids is 3. The van der Waals surface area contributed by atoms with Crippen molar-refractivity contribution in [3.05, 3.63) is 69.8 Å². The second-order valence-corrected chi connectivity index (χ2v) is 6.81. The lowest BCUT2D eigenvalue weighted by Gasteiger charge is -2.22. The van der Waals surface area contributed by atoms with Gasteiger partial charge in [0.15, 0.2) is 0 Å². The van der Waals surface area contributed by atoms with Crippen molar-refractivity contribution in [1.82, 2.24) is 10.2 Å². The summed E-state index contributed by atoms with van der Waals surface area (Å²) in [7, 11) is 0. The van der Waals surface area contributed by atoms with Crippen LogP contribution in [0.25, 0.3) is 0 Å². The van der Waals surface area contributed by atoms with Crippen LogP contribution in [0.4, 0.5) is 16.2 Å². The highest BCUT2D eigenvalue weighted by Gasteiger charge is 2.49. The fraction of sp³-hybridized carbons (Fsp3) is 0.250. The standard InChI is InChI=1S/C20H20N4O5/c1-3-13-6-4-5-7-16(13)21-17(25)12-23-18(26)20(2,22-19(23)27)14-8-10-15(11-9-14)24(28)29/h4-11H,3,12H2,1-2H3,(H,21,25)(H,22,27)/t20-/m0/s1. The number of non-ortho nitro benzene ring substituents is 1. The molecule has 0 aromatic heterocycles. The number of anilines is 1. The predicted octanol–water partition coefficient (Wildman–Crippen LogP) is 2.56. The van der Waals surface area contributed by atoms with Crippen LogP contribution in [0, 0.1) is 10.1 Å². The van der Waals surface area contributed by atoms with Gasteiger partial charge in [-0.15, -0.1) is 0 Å². The van der Waals surface area contributed by atoms with Crippen molar-refractivity contribution >= 4 is 29.2 Å². The molecule has 150 valence electrons. The van der Waals surface area contributed by atoms with Crippen LogP contribution < -0.4 is 10.6 Å². The second kappa shape index (κ2) is 7.70. The maximum atomic E-state index is 12.9. The largest absolute Gasteiger partial charge is 0.325 e. The number of nitro benzene ring substituents is 1. The molecule has 0 unspecified atom stereocenters. The third-order valence-electron chi connectivity index (χ3n) is 4.90. The van der Waals surface area contributed by atoms with Gasteiger partial charge in [-0.3, -0.25) is 24.6 Å². The molecule has 2 aromatic rings. The molecule has 1 atom stereocenters. The maximum absolute atomic E-state index is 12.9. The van der Waals surface area contributed by atoms with E-state index in [4.69, 9.17) is 0 Å². The molecular weight excluding hydrogens is 376 g/mol. The van der Waals surface area contributed by atoms with Crippen molar-refractivity contribution in [2.24, 2.45) is 0 Å². The molecule has 1 heterocycles. The van der Waals surface area contributed by atoms with E-state index in [0.29, 0.717) is 11.3 Å². The predicted molar refractivity (Wildman–Crippen MR) is 105 cm³/mol. The van der Waals surface area contributed by atoms with Crippen molar-refractivity contribution in [3.8, 4) is 0 Å². The number of hydrogen-bond acceptors (Lipinski definition) is 5. The molecule has 0 saturated carbocycles. The molecule has 29 heavy (non-hydrogen) atoms. The third-order valence-corrected chi connectivity index (χ3v) is 4.90. The molecule has 1 aliphatic heterocycles. The second-order valence-electron chi connectivity index (χ2n) is 6.81. The van der Waals surface area contributed by atoms with E-state index >= 15 is 0 Å². The minimum atomic E-state index is -1.41. The monoisotopic (exact) mass is 396 g/mol. The Bertz CT molecular complexity index is 989. The van der Waals surface area contributed by atoms with E-state index in [9.17, 15) is 24.5 Å². The van der Waals surface area contributed by atoms with Gasteiger partial charge in [-0.05, 0) is 42.7 Å². The Morgan fingerprint density at radius 3 is 2.45 bits per heavy atom. The van der Waals surface area contributed by atoms with Crippen LogP contribution in [-0.4, -0.2) is 34.2 Å². The van der Waals surface area contributed by atoms with Crippen molar-refractivity contribution in [2.75, 3.05) is 11.9 Å². The van der Waals surface area contributed by atoms with Crippen LogP contribution in [0.1, 0.15) is 25.0 Å². The molecule has 9 heteroatoms. The first kappa shape index (κ1) is 20.0. The summed E-state index contributed by atoms with van der Waals surface area (Å²) in [6, 6.07) is 11.9. The number of aryl methyl sites for hydroxylation is 1. The van der Waals surface area contributed by atoms with Crippen molar-refractivity contribution < 1.29 is 19.3 Å². The normalized spacial score (nSPS) is 18.5. The fourth-order valence-corrected chi connectivity index (χ4v) is 3.24. The summed E-state index contributed by atoms with van der Waals surface area (Å²) in [6.45, 7) is 3.02. The summed E-state index contributed by atoms with van der Waals surface area (Å²) in [6.07, 6.45) is 0.720. The van der Waals surface area contributed by atoms with E-state index in [1.54, 1.807) is 12.1 Å². The molecule has 2 N–H and O–H groups in total. The smallest absolute Gasteiger partial charge is 0.324 e. The highest BCUT2D eigenvalue weighted by atomic mass is 16.6. The van der Waals surface area contributed by atoms with Gasteiger partial charge >= 0.3 is 6.03 Å². The number of nitro groups is 1. The minimum Gasteiger partial charge on any atom is -0.324 e. The summed E-state index contributed by atoms with van der Waals surface area (Å²) in [4.78, 5) is 48.8. The van der Waals surface area contributed by atoms with Crippen LogP contribution in [0.15, 0.2) is 48.5 Å². The van der Waals surface area contributed by atoms with Crippen LogP contribution in [-0.2, 0) is 21.5 Å². The van der Waals surface area contributed by atoms with Gasteiger partial charge in [-0.25, -0.2) is 4.79 Å². The highest BCUT2D eigenvalue weighted by molar-refractivity contribution is 6.10. The summed E-state index contributed by atoms with van der Waals surface area (Å²) < 4.78 is 0. The third kappa shape index (κ3) is 3.79. The van der Waals surface area contributed by atoms with Crippen LogP contribution in [0.3, 0.4) is 0 Å². The average Bonchev–Trinajstić information content (AvgIpc) is 2.92. The Morgan fingerprint density at radius 1 is 1.17 bits per heavy atom. The highest BCUT2D eigenvalue weighted by Crippen LogP contribution is 2.30. The Hall–Kier alpha value is -3.75. The first-order valence-corrected chi connectivity index (χ1v) is 9.03. The van der Waals surface area contributed by atoms with E-state index in [2.05, 4.69) is 10.6 Å². The number of urea groups is 1. The number of nitrogens with zero attached hydrogens (tertiary/aromatic N) is 2. The van der Waals surface area contributed by atoms with E-state index in [0.717, 1.165) is 16.9 Å². The molecule has 0 spiro atoms. The molecule has 0 radical (unpaired) electrons. The van der Waals surface area contributed by atoms with Crippen LogP contribution >= 0.6 is 0 Å². The number of imide groups is 1. The summed E-state index contributed by atoms with van der Waals surface area (Å²) in [5.74, 6) is -1.10. The molecule has 2 aromatic carbocycles. The van der Waals surface area contributed by atoms with Crippen molar-refractivity contribution in [1.29, 1.82) is 0 Å². The minimum absolute atomic E-state index is 0.125. The lowest BCUT2D eigenvalue weighted by atomic mass is 9.92. The number of para-hydroxylation sites is 1. The molecule has 9 nitrogen and oxygen atoms in total. The van der Waals surface area contributed by atoms with E-state index in [1.165, 1.54) is 31.2 Å². The van der Waals surface area contributed by atoms with Gasteiger partial charge < -0.3 is 10.6 Å². The number of amides is 4. The first-order chi connectivity index (χ1) is 13.8. The van der Waals surface area contributed by atoms with E-state index < -0.39 is 34.9 Å². The molecule has 0 aliphatic carbocycles. The summed E-state index contributed by atoms with van der Waals surface area (Å²) in [5, 5.41) is 16.1. The van der Waals surface area contributed by atoms with Crippen LogP contribution in [0.5, 0.6) is 0 Å². The Balaban J connectivity index is 1.76. The van der Waals surface area contributed by atoms with Gasteiger partial charge in [0.1, 0.15) is 12.1 Å². The van der Waals surface area contributed by atoms with E-state index in [-0.39, 0.29) is 5.69 Å². The molecule has 3 rings (SSSR count). The Kier molecular flexibility index (Phi) is 5.31. The molecule has 4 amide bonds. The first-order valence-electron chi connectivity index (χ1n) is 9.03. The molecule has 1 saturated heterocycles. The van der Waals surface area contributed by atoms with Gasteiger partial charge in [-0.2, -0.15) is 0 Å². The summed E-state index contributed by atoms with van der Waals surface area (Å²) in [5.41, 5.74) is 0.424. The Morgan fingerprint density at radius 2 is 1.83 bits per heavy atom. The van der Waals surface area contributed by atoms with Gasteiger partial charge in [0.25, 0.3) is 11.6 Å². The molecular formula is C20H20N4O5. The zero-order valence-corrected chi connectivity index (χ0v) is 16.0. The lowest BCUT2D eigenvalue weighted by Crippen LogP contribution is -2.42. The number of rotatable bonds is 6. The number of carbonyl (C=O) groups is 3. The average molecular weight is 396 g/mol. The fourth-order valence-electron chi connectivity index (χ4n) is 3.24. The van der Waals surface area contributed by atoms with Gasteiger partial charge in [0.05, 0.1) is 4.92 Å².